The normalized spacial score (nSPS) is 37.5. The Balaban J connectivity index is 1.67. The lowest BCUT2D eigenvalue weighted by Gasteiger charge is -2.42. The van der Waals surface area contributed by atoms with Crippen molar-refractivity contribution in [3.8, 4) is 0 Å². The summed E-state index contributed by atoms with van der Waals surface area (Å²) in [4.78, 5) is 30.2. The molecule has 0 aromatic carbocycles. The molecule has 2 N–H and O–H groups in total. The summed E-state index contributed by atoms with van der Waals surface area (Å²) < 4.78 is 0. The minimum absolute atomic E-state index is 0.0946. The number of nitrogens with zero attached hydrogens (tertiary/aromatic N) is 2. The molecule has 3 aliphatic rings. The van der Waals surface area contributed by atoms with E-state index in [0.717, 1.165) is 58.0 Å². The summed E-state index contributed by atoms with van der Waals surface area (Å²) in [6.07, 6.45) is 6.19. The van der Waals surface area contributed by atoms with Crippen LogP contribution < -0.4 is 0 Å². The lowest BCUT2D eigenvalue weighted by atomic mass is 9.81. The van der Waals surface area contributed by atoms with Crippen molar-refractivity contribution in [2.24, 2.45) is 22.7 Å². The van der Waals surface area contributed by atoms with Crippen LogP contribution in [0.3, 0.4) is 0 Å². The molecule has 2 amide bonds. The predicted octanol–water partition coefficient (Wildman–Crippen LogP) is 1.64. The van der Waals surface area contributed by atoms with E-state index in [0.29, 0.717) is 13.1 Å². The molecule has 3 rings (SSSR count). The first-order valence-corrected chi connectivity index (χ1v) is 10.6. The van der Waals surface area contributed by atoms with E-state index < -0.39 is 0 Å². The molecule has 0 radical (unpaired) electrons. The second kappa shape index (κ2) is 8.08. The number of aliphatic hydroxyl groups is 2. The summed E-state index contributed by atoms with van der Waals surface area (Å²) >= 11 is 0. The first kappa shape index (κ1) is 20.6. The van der Waals surface area contributed by atoms with Crippen molar-refractivity contribution < 1.29 is 19.8 Å². The molecule has 0 aromatic heterocycles. The minimum Gasteiger partial charge on any atom is -0.396 e. The number of likely N-dealkylation sites (tertiary alicyclic amines) is 2. The lowest BCUT2D eigenvalue weighted by molar-refractivity contribution is -0.149. The molecule has 6 nitrogen and oxygen atoms in total. The predicted molar refractivity (Wildman–Crippen MR) is 103 cm³/mol. The molecule has 0 bridgehead atoms. The molecule has 0 spiro atoms. The molecule has 2 heterocycles. The number of amides is 2. The Morgan fingerprint density at radius 1 is 0.815 bits per heavy atom. The van der Waals surface area contributed by atoms with Gasteiger partial charge in [-0.1, -0.05) is 20.3 Å². The average molecular weight is 381 g/mol. The molecule has 154 valence electrons. The van der Waals surface area contributed by atoms with Crippen LogP contribution in [0.2, 0.25) is 0 Å². The van der Waals surface area contributed by atoms with Crippen LogP contribution in [0.4, 0.5) is 0 Å². The molecule has 2 saturated heterocycles. The molecule has 1 aliphatic carbocycles. The Morgan fingerprint density at radius 3 is 1.59 bits per heavy atom. The van der Waals surface area contributed by atoms with E-state index in [1.807, 2.05) is 23.6 Å². The number of piperidine rings is 2. The summed E-state index contributed by atoms with van der Waals surface area (Å²) in [5, 5.41) is 19.4. The monoisotopic (exact) mass is 380 g/mol. The molecule has 3 fully saturated rings. The Bertz CT molecular complexity index is 520. The van der Waals surface area contributed by atoms with Gasteiger partial charge in [-0.25, -0.2) is 0 Å². The molecule has 6 heteroatoms. The molecular weight excluding hydrogens is 344 g/mol. The van der Waals surface area contributed by atoms with Gasteiger partial charge in [-0.05, 0) is 38.5 Å². The maximum atomic E-state index is 13.2. The zero-order valence-corrected chi connectivity index (χ0v) is 17.0. The van der Waals surface area contributed by atoms with Gasteiger partial charge >= 0.3 is 0 Å². The smallest absolute Gasteiger partial charge is 0.226 e. The van der Waals surface area contributed by atoms with E-state index >= 15 is 0 Å². The van der Waals surface area contributed by atoms with Gasteiger partial charge in [0.25, 0.3) is 0 Å². The van der Waals surface area contributed by atoms with Crippen LogP contribution in [0, 0.1) is 22.7 Å². The van der Waals surface area contributed by atoms with Gasteiger partial charge in [-0.15, -0.1) is 0 Å². The minimum atomic E-state index is -0.221. The summed E-state index contributed by atoms with van der Waals surface area (Å²) in [5.74, 6) is -0.235. The maximum Gasteiger partial charge on any atom is 0.226 e. The van der Waals surface area contributed by atoms with Crippen molar-refractivity contribution in [1.29, 1.82) is 0 Å². The van der Waals surface area contributed by atoms with Crippen LogP contribution in [-0.4, -0.2) is 71.2 Å². The summed E-state index contributed by atoms with van der Waals surface area (Å²) in [5.41, 5.74) is -0.441. The molecule has 4 atom stereocenters. The highest BCUT2D eigenvalue weighted by Crippen LogP contribution is 2.38. The third-order valence-corrected chi connectivity index (χ3v) is 7.10. The SMILES string of the molecule is C[C@]1(CO)CCCN(C(=O)[C@@H]2CCC[C@H]2C(=O)N2CCC[C@](C)(CO)C2)C1. The number of carbonyl (C=O) groups excluding carboxylic acids is 2. The fourth-order valence-electron chi connectivity index (χ4n) is 5.29. The highest BCUT2D eigenvalue weighted by molar-refractivity contribution is 5.88. The van der Waals surface area contributed by atoms with E-state index in [2.05, 4.69) is 0 Å². The highest BCUT2D eigenvalue weighted by atomic mass is 16.3. The van der Waals surface area contributed by atoms with Crippen LogP contribution in [0.25, 0.3) is 0 Å². The van der Waals surface area contributed by atoms with Crippen LogP contribution in [0.5, 0.6) is 0 Å². The summed E-state index contributed by atoms with van der Waals surface area (Å²) in [6, 6.07) is 0. The molecule has 27 heavy (non-hydrogen) atoms. The fraction of sp³-hybridized carbons (Fsp3) is 0.905. The van der Waals surface area contributed by atoms with Gasteiger partial charge in [0.15, 0.2) is 0 Å². The van der Waals surface area contributed by atoms with E-state index in [-0.39, 0.29) is 47.7 Å². The zero-order valence-electron chi connectivity index (χ0n) is 17.0. The molecule has 1 saturated carbocycles. The van der Waals surface area contributed by atoms with Crippen molar-refractivity contribution in [3.05, 3.63) is 0 Å². The second-order valence-corrected chi connectivity index (χ2v) is 9.81. The highest BCUT2D eigenvalue weighted by Gasteiger charge is 2.44. The topological polar surface area (TPSA) is 81.1 Å². The third-order valence-electron chi connectivity index (χ3n) is 7.10. The Morgan fingerprint density at radius 2 is 1.22 bits per heavy atom. The molecule has 0 aromatic rings. The number of rotatable bonds is 4. The van der Waals surface area contributed by atoms with Gasteiger partial charge in [0.05, 0.1) is 13.2 Å². The van der Waals surface area contributed by atoms with Crippen molar-refractivity contribution in [3.63, 3.8) is 0 Å². The average Bonchev–Trinajstić information content (AvgIpc) is 3.16. The quantitative estimate of drug-likeness (QED) is 0.777. The summed E-state index contributed by atoms with van der Waals surface area (Å²) in [7, 11) is 0. The first-order valence-electron chi connectivity index (χ1n) is 10.6. The fourth-order valence-corrected chi connectivity index (χ4v) is 5.29. The van der Waals surface area contributed by atoms with Crippen molar-refractivity contribution in [2.75, 3.05) is 39.4 Å². The van der Waals surface area contributed by atoms with Crippen LogP contribution in [0.1, 0.15) is 58.8 Å². The van der Waals surface area contributed by atoms with Crippen LogP contribution in [-0.2, 0) is 9.59 Å². The van der Waals surface area contributed by atoms with E-state index in [1.165, 1.54) is 0 Å². The number of hydrogen-bond donors (Lipinski definition) is 2. The van der Waals surface area contributed by atoms with Crippen molar-refractivity contribution in [1.82, 2.24) is 9.80 Å². The Labute approximate surface area is 162 Å². The molecule has 0 unspecified atom stereocenters. The van der Waals surface area contributed by atoms with Gasteiger partial charge in [0, 0.05) is 48.8 Å². The van der Waals surface area contributed by atoms with Gasteiger partial charge < -0.3 is 20.0 Å². The number of hydrogen-bond acceptors (Lipinski definition) is 4. The Hall–Kier alpha value is -1.14. The van der Waals surface area contributed by atoms with Crippen molar-refractivity contribution in [2.45, 2.75) is 58.8 Å². The second-order valence-electron chi connectivity index (χ2n) is 9.81. The van der Waals surface area contributed by atoms with Gasteiger partial charge in [0.1, 0.15) is 0 Å². The Kier molecular flexibility index (Phi) is 6.16. The van der Waals surface area contributed by atoms with E-state index in [9.17, 15) is 19.8 Å². The van der Waals surface area contributed by atoms with Gasteiger partial charge in [0.2, 0.25) is 11.8 Å². The maximum absolute atomic E-state index is 13.2. The standard InChI is InChI=1S/C21H36N2O4/c1-20(14-24)8-4-10-22(12-20)18(26)16-6-3-7-17(16)19(27)23-11-5-9-21(2,13-23)15-25/h16-17,24-25H,3-15H2,1-2H3/t16-,17-,20+,21+/m1/s1. The molecular formula is C21H36N2O4. The van der Waals surface area contributed by atoms with E-state index in [4.69, 9.17) is 0 Å². The van der Waals surface area contributed by atoms with Gasteiger partial charge in [-0.2, -0.15) is 0 Å². The lowest BCUT2D eigenvalue weighted by Crippen LogP contribution is -2.52. The van der Waals surface area contributed by atoms with Crippen molar-refractivity contribution >= 4 is 11.8 Å². The molecule has 2 aliphatic heterocycles. The zero-order chi connectivity index (χ0) is 19.7. The van der Waals surface area contributed by atoms with E-state index in [1.54, 1.807) is 0 Å². The largest absolute Gasteiger partial charge is 0.396 e. The first-order chi connectivity index (χ1) is 12.8. The summed E-state index contributed by atoms with van der Waals surface area (Å²) in [6.45, 7) is 6.91. The van der Waals surface area contributed by atoms with Gasteiger partial charge in [-0.3, -0.25) is 9.59 Å². The van der Waals surface area contributed by atoms with Crippen LogP contribution >= 0.6 is 0 Å². The third kappa shape index (κ3) is 4.32. The van der Waals surface area contributed by atoms with Crippen LogP contribution in [0.15, 0.2) is 0 Å². The number of aliphatic hydroxyl groups excluding tert-OH is 2. The number of carbonyl (C=O) groups is 2.